The number of nitrogens with zero attached hydrogens (tertiary/aromatic N) is 2. The van der Waals surface area contributed by atoms with Gasteiger partial charge in [-0.1, -0.05) is 0 Å². The van der Waals surface area contributed by atoms with Crippen LogP contribution in [0, 0.1) is 11.3 Å². The molecule has 0 spiro atoms. The van der Waals surface area contributed by atoms with Crippen LogP contribution < -0.4 is 0 Å². The van der Waals surface area contributed by atoms with Crippen molar-refractivity contribution in [3.8, 4) is 11.8 Å². The van der Waals surface area contributed by atoms with E-state index >= 15 is 0 Å². The lowest BCUT2D eigenvalue weighted by molar-refractivity contribution is 0.470. The molecule has 1 heterocycles. The molecule has 2 rings (SSSR count). The van der Waals surface area contributed by atoms with Gasteiger partial charge in [-0.15, -0.1) is 0 Å². The first-order chi connectivity index (χ1) is 5.81. The molecule has 1 aromatic heterocycles. The van der Waals surface area contributed by atoms with Crippen LogP contribution in [-0.2, 0) is 0 Å². The molecule has 1 N–H and O–H groups in total. The first-order valence-electron chi connectivity index (χ1n) is 3.90. The molecule has 1 aromatic rings. The third-order valence-electron chi connectivity index (χ3n) is 2.02. The van der Waals surface area contributed by atoms with E-state index in [1.165, 1.54) is 6.20 Å². The Morgan fingerprint density at radius 2 is 2.33 bits per heavy atom. The number of nitriles is 1. The van der Waals surface area contributed by atoms with Crippen molar-refractivity contribution < 1.29 is 5.11 Å². The highest BCUT2D eigenvalue weighted by molar-refractivity contribution is 5.42. The van der Waals surface area contributed by atoms with Crippen LogP contribution in [0.3, 0.4) is 0 Å². The lowest BCUT2D eigenvalue weighted by Crippen LogP contribution is -1.87. The maximum atomic E-state index is 9.15. The largest absolute Gasteiger partial charge is 0.505 e. The minimum absolute atomic E-state index is 0.0260. The molecular formula is C9H8N2O. The molecule has 1 saturated carbocycles. The van der Waals surface area contributed by atoms with Gasteiger partial charge in [-0.3, -0.25) is 4.98 Å². The highest BCUT2D eigenvalue weighted by Gasteiger charge is 2.25. The van der Waals surface area contributed by atoms with E-state index in [0.717, 1.165) is 18.5 Å². The standard InChI is InChI=1S/C9H8N2O/c10-4-7-3-8(6-1-2-6)11-5-9(7)12/h3,5-6,12H,1-2H2. The molecule has 0 bridgehead atoms. The summed E-state index contributed by atoms with van der Waals surface area (Å²) in [6.07, 6.45) is 3.66. The molecule has 0 radical (unpaired) electrons. The molecule has 0 aromatic carbocycles. The molecule has 0 unspecified atom stereocenters. The maximum Gasteiger partial charge on any atom is 0.151 e. The van der Waals surface area contributed by atoms with Gasteiger partial charge in [0.15, 0.2) is 5.75 Å². The fourth-order valence-corrected chi connectivity index (χ4v) is 1.16. The first-order valence-corrected chi connectivity index (χ1v) is 3.90. The highest BCUT2D eigenvalue weighted by Crippen LogP contribution is 2.39. The van der Waals surface area contributed by atoms with E-state index in [4.69, 9.17) is 10.4 Å². The van der Waals surface area contributed by atoms with Gasteiger partial charge in [-0.2, -0.15) is 5.26 Å². The molecule has 1 fully saturated rings. The lowest BCUT2D eigenvalue weighted by atomic mass is 10.2. The zero-order valence-corrected chi connectivity index (χ0v) is 6.49. The van der Waals surface area contributed by atoms with Crippen molar-refractivity contribution in [3.05, 3.63) is 23.5 Å². The number of aromatic nitrogens is 1. The smallest absolute Gasteiger partial charge is 0.151 e. The average Bonchev–Trinajstić information content (AvgIpc) is 2.88. The highest BCUT2D eigenvalue weighted by atomic mass is 16.3. The van der Waals surface area contributed by atoms with E-state index in [-0.39, 0.29) is 5.75 Å². The molecule has 12 heavy (non-hydrogen) atoms. The van der Waals surface area contributed by atoms with Crippen molar-refractivity contribution in [1.29, 1.82) is 5.26 Å². The van der Waals surface area contributed by atoms with Crippen LogP contribution in [-0.4, -0.2) is 10.1 Å². The average molecular weight is 160 g/mol. The van der Waals surface area contributed by atoms with E-state index in [1.54, 1.807) is 6.07 Å². The van der Waals surface area contributed by atoms with E-state index < -0.39 is 0 Å². The Morgan fingerprint density at radius 1 is 1.58 bits per heavy atom. The van der Waals surface area contributed by atoms with Crippen LogP contribution in [0.15, 0.2) is 12.3 Å². The first kappa shape index (κ1) is 7.11. The molecule has 0 saturated heterocycles. The summed E-state index contributed by atoms with van der Waals surface area (Å²) in [7, 11) is 0. The minimum atomic E-state index is -0.0260. The van der Waals surface area contributed by atoms with Crippen molar-refractivity contribution in [3.63, 3.8) is 0 Å². The van der Waals surface area contributed by atoms with Crippen LogP contribution in [0.2, 0.25) is 0 Å². The number of rotatable bonds is 1. The molecule has 1 aliphatic carbocycles. The summed E-state index contributed by atoms with van der Waals surface area (Å²) in [5.74, 6) is 0.500. The topological polar surface area (TPSA) is 56.9 Å². The van der Waals surface area contributed by atoms with Gasteiger partial charge in [0.1, 0.15) is 6.07 Å². The van der Waals surface area contributed by atoms with Crippen LogP contribution in [0.25, 0.3) is 0 Å². The summed E-state index contributed by atoms with van der Waals surface area (Å²) in [5, 5.41) is 17.8. The lowest BCUT2D eigenvalue weighted by Gasteiger charge is -1.98. The maximum absolute atomic E-state index is 9.15. The molecule has 3 nitrogen and oxygen atoms in total. The van der Waals surface area contributed by atoms with Gasteiger partial charge in [-0.25, -0.2) is 0 Å². The van der Waals surface area contributed by atoms with Crippen molar-refractivity contribution in [1.82, 2.24) is 4.98 Å². The Hall–Kier alpha value is -1.56. The zero-order valence-electron chi connectivity index (χ0n) is 6.49. The Kier molecular flexibility index (Phi) is 1.47. The third kappa shape index (κ3) is 1.12. The second-order valence-electron chi connectivity index (χ2n) is 3.01. The predicted octanol–water partition coefficient (Wildman–Crippen LogP) is 1.54. The minimum Gasteiger partial charge on any atom is -0.505 e. The van der Waals surface area contributed by atoms with Crippen LogP contribution in [0.4, 0.5) is 0 Å². The number of hydrogen-bond acceptors (Lipinski definition) is 3. The van der Waals surface area contributed by atoms with Crippen molar-refractivity contribution in [2.45, 2.75) is 18.8 Å². The Bertz CT molecular complexity index is 350. The predicted molar refractivity (Wildman–Crippen MR) is 42.6 cm³/mol. The monoisotopic (exact) mass is 160 g/mol. The molecule has 0 atom stereocenters. The normalized spacial score (nSPS) is 15.6. The molecule has 0 amide bonds. The van der Waals surface area contributed by atoms with Gasteiger partial charge in [0.05, 0.1) is 11.8 Å². The summed E-state index contributed by atoms with van der Waals surface area (Å²) < 4.78 is 0. The van der Waals surface area contributed by atoms with E-state index in [1.807, 2.05) is 6.07 Å². The second-order valence-corrected chi connectivity index (χ2v) is 3.01. The molecular weight excluding hydrogens is 152 g/mol. The fourth-order valence-electron chi connectivity index (χ4n) is 1.16. The molecule has 0 aliphatic heterocycles. The summed E-state index contributed by atoms with van der Waals surface area (Å²) >= 11 is 0. The van der Waals surface area contributed by atoms with Crippen LogP contribution in [0.5, 0.6) is 5.75 Å². The van der Waals surface area contributed by atoms with E-state index in [9.17, 15) is 0 Å². The van der Waals surface area contributed by atoms with E-state index in [2.05, 4.69) is 4.98 Å². The number of pyridine rings is 1. The number of aromatic hydroxyl groups is 1. The summed E-state index contributed by atoms with van der Waals surface area (Å²) in [5.41, 5.74) is 1.26. The third-order valence-corrected chi connectivity index (χ3v) is 2.02. The van der Waals surface area contributed by atoms with Crippen molar-refractivity contribution >= 4 is 0 Å². The van der Waals surface area contributed by atoms with Gasteiger partial charge < -0.3 is 5.11 Å². The summed E-state index contributed by atoms with van der Waals surface area (Å²) in [6, 6.07) is 3.60. The fraction of sp³-hybridized carbons (Fsp3) is 0.333. The molecule has 3 heteroatoms. The molecule has 60 valence electrons. The van der Waals surface area contributed by atoms with Gasteiger partial charge in [0, 0.05) is 11.6 Å². The quantitative estimate of drug-likeness (QED) is 0.677. The zero-order chi connectivity index (χ0) is 8.55. The van der Waals surface area contributed by atoms with Gasteiger partial charge in [0.2, 0.25) is 0 Å². The summed E-state index contributed by atoms with van der Waals surface area (Å²) in [6.45, 7) is 0. The van der Waals surface area contributed by atoms with Gasteiger partial charge >= 0.3 is 0 Å². The van der Waals surface area contributed by atoms with E-state index in [0.29, 0.717) is 11.5 Å². The Balaban J connectivity index is 2.42. The summed E-state index contributed by atoms with van der Waals surface area (Å²) in [4.78, 5) is 4.05. The van der Waals surface area contributed by atoms with Gasteiger partial charge in [0.25, 0.3) is 0 Å². The Labute approximate surface area is 70.3 Å². The van der Waals surface area contributed by atoms with Crippen molar-refractivity contribution in [2.75, 3.05) is 0 Å². The SMILES string of the molecule is N#Cc1cc(C2CC2)ncc1O. The Morgan fingerprint density at radius 3 is 2.92 bits per heavy atom. The second kappa shape index (κ2) is 2.49. The molecule has 1 aliphatic rings. The van der Waals surface area contributed by atoms with Crippen molar-refractivity contribution in [2.24, 2.45) is 0 Å². The number of hydrogen-bond donors (Lipinski definition) is 1. The van der Waals surface area contributed by atoms with Crippen LogP contribution in [0.1, 0.15) is 30.0 Å². The van der Waals surface area contributed by atoms with Gasteiger partial charge in [-0.05, 0) is 18.9 Å². The van der Waals surface area contributed by atoms with Crippen LogP contribution >= 0.6 is 0 Å².